The number of hydrogen-bond acceptors (Lipinski definition) is 3. The van der Waals surface area contributed by atoms with Crippen LogP contribution in [-0.2, 0) is 6.54 Å². The Kier molecular flexibility index (Phi) is 4.53. The van der Waals surface area contributed by atoms with Gasteiger partial charge in [0.1, 0.15) is 11.5 Å². The molecule has 0 amide bonds. The molecule has 1 aliphatic heterocycles. The molecule has 2 N–H and O–H groups in total. The number of ether oxygens (including phenoxy) is 1. The minimum atomic E-state index is 0.531. The average Bonchev–Trinajstić information content (AvgIpc) is 2.96. The first-order valence-corrected chi connectivity index (χ1v) is 7.61. The minimum absolute atomic E-state index is 0.531. The third-order valence-electron chi connectivity index (χ3n) is 4.03. The minimum Gasteiger partial charge on any atom is -0.457 e. The van der Waals surface area contributed by atoms with E-state index in [0.717, 1.165) is 31.1 Å². The molecule has 1 atom stereocenters. The van der Waals surface area contributed by atoms with Gasteiger partial charge in [-0.15, -0.1) is 0 Å². The highest BCUT2D eigenvalue weighted by Crippen LogP contribution is 2.24. The van der Waals surface area contributed by atoms with Crippen molar-refractivity contribution in [2.24, 2.45) is 5.73 Å². The third kappa shape index (κ3) is 3.63. The van der Waals surface area contributed by atoms with Crippen LogP contribution in [0.3, 0.4) is 0 Å². The maximum absolute atomic E-state index is 5.89. The molecule has 110 valence electrons. The Morgan fingerprint density at radius 2 is 1.86 bits per heavy atom. The summed E-state index contributed by atoms with van der Waals surface area (Å²) in [5.41, 5.74) is 7.12. The van der Waals surface area contributed by atoms with Crippen molar-refractivity contribution in [2.45, 2.75) is 25.4 Å². The molecule has 3 heteroatoms. The normalized spacial score (nSPS) is 18.8. The summed E-state index contributed by atoms with van der Waals surface area (Å²) in [4.78, 5) is 2.47. The standard InChI is InChI=1S/C18H22N2O/c19-13-16-7-5-11-20(16)14-15-6-4-10-18(12-15)21-17-8-2-1-3-9-17/h1-4,6,8-10,12,16H,5,7,11,13-14,19H2. The van der Waals surface area contributed by atoms with E-state index in [1.165, 1.54) is 18.4 Å². The first-order valence-electron chi connectivity index (χ1n) is 7.61. The van der Waals surface area contributed by atoms with Gasteiger partial charge in [-0.2, -0.15) is 0 Å². The number of rotatable bonds is 5. The molecule has 0 bridgehead atoms. The van der Waals surface area contributed by atoms with Crippen molar-refractivity contribution in [1.29, 1.82) is 0 Å². The van der Waals surface area contributed by atoms with Crippen LogP contribution in [0.1, 0.15) is 18.4 Å². The summed E-state index contributed by atoms with van der Waals surface area (Å²) in [6, 6.07) is 18.8. The SMILES string of the molecule is NCC1CCCN1Cc1cccc(Oc2ccccc2)c1. The highest BCUT2D eigenvalue weighted by Gasteiger charge is 2.22. The summed E-state index contributed by atoms with van der Waals surface area (Å²) in [7, 11) is 0. The quantitative estimate of drug-likeness (QED) is 0.913. The van der Waals surface area contributed by atoms with Gasteiger partial charge in [0.15, 0.2) is 0 Å². The molecule has 2 aromatic carbocycles. The van der Waals surface area contributed by atoms with Gasteiger partial charge in [-0.05, 0) is 49.2 Å². The maximum Gasteiger partial charge on any atom is 0.127 e. The summed E-state index contributed by atoms with van der Waals surface area (Å²) in [5, 5.41) is 0. The van der Waals surface area contributed by atoms with Crippen LogP contribution >= 0.6 is 0 Å². The molecule has 1 saturated heterocycles. The number of hydrogen-bond donors (Lipinski definition) is 1. The van der Waals surface area contributed by atoms with E-state index in [0.29, 0.717) is 6.04 Å². The molecule has 1 unspecified atom stereocenters. The van der Waals surface area contributed by atoms with E-state index in [1.807, 2.05) is 36.4 Å². The van der Waals surface area contributed by atoms with Gasteiger partial charge < -0.3 is 10.5 Å². The highest BCUT2D eigenvalue weighted by molar-refractivity contribution is 5.33. The number of para-hydroxylation sites is 1. The fourth-order valence-corrected chi connectivity index (χ4v) is 2.94. The highest BCUT2D eigenvalue weighted by atomic mass is 16.5. The zero-order chi connectivity index (χ0) is 14.5. The van der Waals surface area contributed by atoms with Crippen LogP contribution < -0.4 is 10.5 Å². The predicted molar refractivity (Wildman–Crippen MR) is 85.4 cm³/mol. The van der Waals surface area contributed by atoms with Crippen molar-refractivity contribution in [3.05, 3.63) is 60.2 Å². The molecule has 21 heavy (non-hydrogen) atoms. The van der Waals surface area contributed by atoms with Gasteiger partial charge in [0.25, 0.3) is 0 Å². The lowest BCUT2D eigenvalue weighted by Gasteiger charge is -2.23. The van der Waals surface area contributed by atoms with Gasteiger partial charge in [0.05, 0.1) is 0 Å². The van der Waals surface area contributed by atoms with Crippen molar-refractivity contribution in [3.63, 3.8) is 0 Å². The van der Waals surface area contributed by atoms with E-state index in [-0.39, 0.29) is 0 Å². The smallest absolute Gasteiger partial charge is 0.127 e. The van der Waals surface area contributed by atoms with Crippen LogP contribution in [0.5, 0.6) is 11.5 Å². The summed E-state index contributed by atoms with van der Waals surface area (Å²) < 4.78 is 5.89. The molecule has 0 aromatic heterocycles. The molecule has 1 heterocycles. The Morgan fingerprint density at radius 1 is 1.05 bits per heavy atom. The van der Waals surface area contributed by atoms with Gasteiger partial charge >= 0.3 is 0 Å². The van der Waals surface area contributed by atoms with Crippen LogP contribution in [-0.4, -0.2) is 24.0 Å². The largest absolute Gasteiger partial charge is 0.457 e. The fourth-order valence-electron chi connectivity index (χ4n) is 2.94. The maximum atomic E-state index is 5.89. The molecule has 3 rings (SSSR count). The Balaban J connectivity index is 1.68. The lowest BCUT2D eigenvalue weighted by molar-refractivity contribution is 0.250. The van der Waals surface area contributed by atoms with E-state index in [1.54, 1.807) is 0 Å². The van der Waals surface area contributed by atoms with Crippen molar-refractivity contribution < 1.29 is 4.74 Å². The van der Waals surface area contributed by atoms with E-state index in [9.17, 15) is 0 Å². The second-order valence-corrected chi connectivity index (χ2v) is 5.56. The average molecular weight is 282 g/mol. The molecule has 0 spiro atoms. The van der Waals surface area contributed by atoms with Crippen LogP contribution in [0.2, 0.25) is 0 Å². The molecule has 0 saturated carbocycles. The molecule has 0 aliphatic carbocycles. The van der Waals surface area contributed by atoms with Crippen LogP contribution in [0.4, 0.5) is 0 Å². The van der Waals surface area contributed by atoms with E-state index in [2.05, 4.69) is 23.1 Å². The van der Waals surface area contributed by atoms with E-state index >= 15 is 0 Å². The Labute approximate surface area is 126 Å². The van der Waals surface area contributed by atoms with E-state index < -0.39 is 0 Å². The molecular formula is C18H22N2O. The molecule has 3 nitrogen and oxygen atoms in total. The van der Waals surface area contributed by atoms with E-state index in [4.69, 9.17) is 10.5 Å². The van der Waals surface area contributed by atoms with Crippen molar-refractivity contribution in [2.75, 3.05) is 13.1 Å². The van der Waals surface area contributed by atoms with Crippen molar-refractivity contribution in [3.8, 4) is 11.5 Å². The van der Waals surface area contributed by atoms with Crippen LogP contribution in [0, 0.1) is 0 Å². The Bertz CT molecular complexity index is 570. The molecular weight excluding hydrogens is 260 g/mol. The van der Waals surface area contributed by atoms with Gasteiger partial charge in [-0.3, -0.25) is 4.90 Å². The lowest BCUT2D eigenvalue weighted by Crippen LogP contribution is -2.34. The third-order valence-corrected chi connectivity index (χ3v) is 4.03. The molecule has 2 aromatic rings. The Morgan fingerprint density at radius 3 is 2.67 bits per heavy atom. The number of benzene rings is 2. The van der Waals surface area contributed by atoms with Crippen molar-refractivity contribution >= 4 is 0 Å². The van der Waals surface area contributed by atoms with Crippen LogP contribution in [0.15, 0.2) is 54.6 Å². The second-order valence-electron chi connectivity index (χ2n) is 5.56. The van der Waals surface area contributed by atoms with Gasteiger partial charge in [-0.25, -0.2) is 0 Å². The molecule has 0 radical (unpaired) electrons. The number of likely N-dealkylation sites (tertiary alicyclic amines) is 1. The molecule has 1 fully saturated rings. The summed E-state index contributed by atoms with van der Waals surface area (Å²) in [6.07, 6.45) is 2.47. The number of nitrogens with zero attached hydrogens (tertiary/aromatic N) is 1. The van der Waals surface area contributed by atoms with Gasteiger partial charge in [0.2, 0.25) is 0 Å². The summed E-state index contributed by atoms with van der Waals surface area (Å²) in [6.45, 7) is 2.85. The zero-order valence-corrected chi connectivity index (χ0v) is 12.2. The van der Waals surface area contributed by atoms with Crippen molar-refractivity contribution in [1.82, 2.24) is 4.90 Å². The fraction of sp³-hybridized carbons (Fsp3) is 0.333. The first kappa shape index (κ1) is 14.1. The first-order chi connectivity index (χ1) is 10.3. The number of nitrogens with two attached hydrogens (primary N) is 1. The topological polar surface area (TPSA) is 38.5 Å². The van der Waals surface area contributed by atoms with Gasteiger partial charge in [-0.1, -0.05) is 30.3 Å². The Hall–Kier alpha value is -1.84. The van der Waals surface area contributed by atoms with Crippen LogP contribution in [0.25, 0.3) is 0 Å². The lowest BCUT2D eigenvalue weighted by atomic mass is 10.1. The monoisotopic (exact) mass is 282 g/mol. The summed E-state index contributed by atoms with van der Waals surface area (Å²) in [5.74, 6) is 1.76. The van der Waals surface area contributed by atoms with Gasteiger partial charge in [0, 0.05) is 19.1 Å². The molecule has 1 aliphatic rings. The zero-order valence-electron chi connectivity index (χ0n) is 12.2. The summed E-state index contributed by atoms with van der Waals surface area (Å²) >= 11 is 0. The second kappa shape index (κ2) is 6.74. The predicted octanol–water partition coefficient (Wildman–Crippen LogP) is 3.40.